The number of esters is 1. The predicted octanol–water partition coefficient (Wildman–Crippen LogP) is 6.54. The van der Waals surface area contributed by atoms with Gasteiger partial charge in [-0.3, -0.25) is 4.90 Å². The molecule has 10 nitrogen and oxygen atoms in total. The fourth-order valence-corrected chi connectivity index (χ4v) is 8.20. The molecule has 0 saturated carbocycles. The van der Waals surface area contributed by atoms with E-state index in [0.717, 1.165) is 65.0 Å². The number of carbonyl (C=O) groups excluding carboxylic acids is 2. The van der Waals surface area contributed by atoms with Crippen molar-refractivity contribution in [1.29, 1.82) is 0 Å². The fourth-order valence-electron chi connectivity index (χ4n) is 8.20. The van der Waals surface area contributed by atoms with Crippen molar-refractivity contribution in [3.05, 3.63) is 131 Å². The SMILES string of the molecule is COC(=O)C(Cc1ccccc1)NC(=O)NCc1cccc(-c2cccc(C3OC(CN4CCCC4CN4CCCC4)CC(c4ccc(CO)cc4)O3)c2)c1. The first-order valence-electron chi connectivity index (χ1n) is 19.8. The van der Waals surface area contributed by atoms with Crippen molar-refractivity contribution in [3.63, 3.8) is 0 Å². The maximum absolute atomic E-state index is 12.9. The smallest absolute Gasteiger partial charge is 0.328 e. The highest BCUT2D eigenvalue weighted by Gasteiger charge is 2.36. The zero-order valence-electron chi connectivity index (χ0n) is 31.8. The van der Waals surface area contributed by atoms with Gasteiger partial charge in [0, 0.05) is 44.1 Å². The molecule has 7 rings (SSSR count). The van der Waals surface area contributed by atoms with Gasteiger partial charge in [0.05, 0.1) is 25.9 Å². The molecule has 3 aliphatic rings. The molecule has 3 fully saturated rings. The normalized spacial score (nSPS) is 22.3. The number of nitrogens with zero attached hydrogens (tertiary/aromatic N) is 2. The summed E-state index contributed by atoms with van der Waals surface area (Å²) in [5.74, 6) is -0.498. The van der Waals surface area contributed by atoms with Crippen LogP contribution in [-0.2, 0) is 38.6 Å². The highest BCUT2D eigenvalue weighted by atomic mass is 16.7. The largest absolute Gasteiger partial charge is 0.467 e. The minimum Gasteiger partial charge on any atom is -0.467 e. The summed E-state index contributed by atoms with van der Waals surface area (Å²) in [6.07, 6.45) is 5.46. The summed E-state index contributed by atoms with van der Waals surface area (Å²) in [5, 5.41) is 15.3. The minimum atomic E-state index is -0.809. The Hall–Kier alpha value is -4.58. The lowest BCUT2D eigenvalue weighted by molar-refractivity contribution is -0.253. The Labute approximate surface area is 324 Å². The number of urea groups is 1. The van der Waals surface area contributed by atoms with Gasteiger partial charge in [-0.2, -0.15) is 0 Å². The third kappa shape index (κ3) is 10.4. The number of ether oxygens (including phenoxy) is 3. The van der Waals surface area contributed by atoms with E-state index in [4.69, 9.17) is 14.2 Å². The molecule has 0 aromatic heterocycles. The van der Waals surface area contributed by atoms with Crippen molar-refractivity contribution in [1.82, 2.24) is 20.4 Å². The van der Waals surface area contributed by atoms with Gasteiger partial charge in [0.25, 0.3) is 0 Å². The highest BCUT2D eigenvalue weighted by molar-refractivity contribution is 5.83. The Morgan fingerprint density at radius 1 is 0.800 bits per heavy atom. The van der Waals surface area contributed by atoms with E-state index in [-0.39, 0.29) is 25.4 Å². The molecule has 0 spiro atoms. The molecule has 290 valence electrons. The lowest BCUT2D eigenvalue weighted by Gasteiger charge is -2.39. The highest BCUT2D eigenvalue weighted by Crippen LogP contribution is 2.39. The summed E-state index contributed by atoms with van der Waals surface area (Å²) in [6, 6.07) is 33.3. The summed E-state index contributed by atoms with van der Waals surface area (Å²) < 4.78 is 18.5. The molecule has 0 bridgehead atoms. The second-order valence-corrected chi connectivity index (χ2v) is 15.1. The van der Waals surface area contributed by atoms with Crippen LogP contribution in [-0.4, -0.2) is 84.9 Å². The Bertz CT molecular complexity index is 1850. The van der Waals surface area contributed by atoms with Crippen LogP contribution in [0.1, 0.15) is 72.3 Å². The van der Waals surface area contributed by atoms with Crippen LogP contribution in [0.5, 0.6) is 0 Å². The molecule has 3 N–H and O–H groups in total. The molecule has 5 atom stereocenters. The molecule has 3 saturated heterocycles. The van der Waals surface area contributed by atoms with Crippen LogP contribution >= 0.6 is 0 Å². The lowest BCUT2D eigenvalue weighted by Crippen LogP contribution is -2.47. The molecular formula is C45H54N4O6. The molecule has 0 radical (unpaired) electrons. The van der Waals surface area contributed by atoms with Gasteiger partial charge in [-0.05, 0) is 90.8 Å². The fraction of sp³-hybridized carbons (Fsp3) is 0.422. The van der Waals surface area contributed by atoms with Gasteiger partial charge >= 0.3 is 12.0 Å². The number of likely N-dealkylation sites (tertiary alicyclic amines) is 2. The molecule has 4 aromatic rings. The number of hydrogen-bond donors (Lipinski definition) is 3. The van der Waals surface area contributed by atoms with E-state index in [1.165, 1.54) is 45.9 Å². The summed E-state index contributed by atoms with van der Waals surface area (Å²) in [4.78, 5) is 30.7. The topological polar surface area (TPSA) is 113 Å². The quantitative estimate of drug-likeness (QED) is 0.125. The van der Waals surface area contributed by atoms with E-state index < -0.39 is 24.3 Å². The van der Waals surface area contributed by atoms with Crippen LogP contribution in [0.25, 0.3) is 11.1 Å². The Morgan fingerprint density at radius 3 is 2.31 bits per heavy atom. The third-order valence-electron chi connectivity index (χ3n) is 11.2. The van der Waals surface area contributed by atoms with Gasteiger partial charge in [0.15, 0.2) is 6.29 Å². The number of benzene rings is 4. The second-order valence-electron chi connectivity index (χ2n) is 15.1. The van der Waals surface area contributed by atoms with E-state index in [1.54, 1.807) is 0 Å². The van der Waals surface area contributed by atoms with Crippen LogP contribution < -0.4 is 10.6 Å². The molecule has 10 heteroatoms. The van der Waals surface area contributed by atoms with E-state index in [2.05, 4.69) is 62.9 Å². The van der Waals surface area contributed by atoms with Crippen molar-refractivity contribution in [3.8, 4) is 11.1 Å². The summed E-state index contributed by atoms with van der Waals surface area (Å²) in [7, 11) is 1.32. The molecule has 3 aliphatic heterocycles. The third-order valence-corrected chi connectivity index (χ3v) is 11.2. The predicted molar refractivity (Wildman–Crippen MR) is 212 cm³/mol. The maximum Gasteiger partial charge on any atom is 0.328 e. The van der Waals surface area contributed by atoms with Crippen LogP contribution in [0.15, 0.2) is 103 Å². The second kappa shape index (κ2) is 18.8. The standard InChI is InChI=1S/C45H54N4O6/c1-53-43(51)41(25-32-10-3-2-4-11-32)47-45(52)46-28-34-12-7-13-36(24-34)37-14-8-15-38(26-37)44-54-40(27-42(55-44)35-19-17-33(31-50)18-20-35)30-49-23-9-16-39(49)29-48-21-5-6-22-48/h2-4,7-8,10-15,17-20,24,26,39-42,44,50H,5-6,9,16,21-23,25,27-31H2,1H3,(H2,46,47,52). The molecule has 5 unspecified atom stereocenters. The Kier molecular flexibility index (Phi) is 13.3. The summed E-state index contributed by atoms with van der Waals surface area (Å²) >= 11 is 0. The van der Waals surface area contributed by atoms with Crippen LogP contribution in [0.2, 0.25) is 0 Å². The number of aliphatic hydroxyl groups excluding tert-OH is 1. The molecule has 55 heavy (non-hydrogen) atoms. The molecular weight excluding hydrogens is 693 g/mol. The average Bonchev–Trinajstić information content (AvgIpc) is 3.92. The number of hydrogen-bond acceptors (Lipinski definition) is 8. The number of rotatable bonds is 14. The van der Waals surface area contributed by atoms with E-state index in [9.17, 15) is 14.7 Å². The first-order valence-corrected chi connectivity index (χ1v) is 19.8. The molecule has 4 aromatic carbocycles. The van der Waals surface area contributed by atoms with Gasteiger partial charge in [-0.25, -0.2) is 9.59 Å². The Balaban J connectivity index is 1.03. The number of carbonyl (C=O) groups is 2. The summed E-state index contributed by atoms with van der Waals surface area (Å²) in [5.41, 5.74) is 6.77. The lowest BCUT2D eigenvalue weighted by atomic mass is 9.98. The van der Waals surface area contributed by atoms with Gasteiger partial charge in [-0.1, -0.05) is 91.0 Å². The van der Waals surface area contributed by atoms with Crippen molar-refractivity contribution in [2.24, 2.45) is 0 Å². The summed E-state index contributed by atoms with van der Waals surface area (Å²) in [6.45, 7) is 5.83. The van der Waals surface area contributed by atoms with Crippen molar-refractivity contribution < 1.29 is 28.9 Å². The van der Waals surface area contributed by atoms with E-state index >= 15 is 0 Å². The molecule has 2 amide bonds. The average molecular weight is 747 g/mol. The first kappa shape index (κ1) is 38.7. The van der Waals surface area contributed by atoms with E-state index in [0.29, 0.717) is 12.5 Å². The van der Waals surface area contributed by atoms with Crippen molar-refractivity contribution >= 4 is 12.0 Å². The zero-order valence-corrected chi connectivity index (χ0v) is 31.8. The maximum atomic E-state index is 12.9. The van der Waals surface area contributed by atoms with Gasteiger partial charge < -0.3 is 34.9 Å². The first-order chi connectivity index (χ1) is 26.9. The van der Waals surface area contributed by atoms with Gasteiger partial charge in [0.1, 0.15) is 6.04 Å². The monoisotopic (exact) mass is 746 g/mol. The number of amides is 2. The van der Waals surface area contributed by atoms with Crippen LogP contribution in [0, 0.1) is 0 Å². The minimum absolute atomic E-state index is 0.00359. The van der Waals surface area contributed by atoms with E-state index in [1.807, 2.05) is 60.7 Å². The van der Waals surface area contributed by atoms with Crippen molar-refractivity contribution in [2.75, 3.05) is 39.8 Å². The zero-order chi connectivity index (χ0) is 38.0. The van der Waals surface area contributed by atoms with Crippen LogP contribution in [0.3, 0.4) is 0 Å². The van der Waals surface area contributed by atoms with Gasteiger partial charge in [0.2, 0.25) is 0 Å². The number of aliphatic hydroxyl groups is 1. The van der Waals surface area contributed by atoms with Crippen molar-refractivity contribution in [2.45, 2.75) is 82.3 Å². The Morgan fingerprint density at radius 2 is 1.55 bits per heavy atom. The van der Waals surface area contributed by atoms with Gasteiger partial charge in [-0.15, -0.1) is 0 Å². The van der Waals surface area contributed by atoms with Crippen LogP contribution in [0.4, 0.5) is 4.79 Å². The number of methoxy groups -OCH3 is 1. The molecule has 0 aliphatic carbocycles. The number of nitrogens with one attached hydrogen (secondary N) is 2. The molecule has 3 heterocycles.